The molecule has 0 spiro atoms. The fourth-order valence-corrected chi connectivity index (χ4v) is 3.98. The average molecular weight is 368 g/mol. The van der Waals surface area contributed by atoms with E-state index in [1.54, 1.807) is 22.7 Å². The Balaban J connectivity index is 2.06. The minimum atomic E-state index is -0.405. The summed E-state index contributed by atoms with van der Waals surface area (Å²) in [5.41, 5.74) is 0.983. The summed E-state index contributed by atoms with van der Waals surface area (Å²) in [6.45, 7) is 0. The van der Waals surface area contributed by atoms with Crippen molar-refractivity contribution in [1.29, 1.82) is 0 Å². The number of aliphatic hydroxyl groups is 1. The largest absolute Gasteiger partial charge is 0.388 e. The van der Waals surface area contributed by atoms with Gasteiger partial charge in [-0.3, -0.25) is 0 Å². The number of hydrogen-bond donors (Lipinski definition) is 1. The zero-order valence-corrected chi connectivity index (χ0v) is 12.4. The second-order valence-corrected chi connectivity index (χ2v) is 7.34. The molecule has 80 valence electrons. The number of thiophene rings is 2. The maximum Gasteiger partial charge on any atom is 0.0846 e. The lowest BCUT2D eigenvalue weighted by Gasteiger charge is -2.06. The molecule has 0 bridgehead atoms. The molecule has 0 fully saturated rings. The van der Waals surface area contributed by atoms with Crippen molar-refractivity contribution in [2.45, 2.75) is 12.5 Å². The quantitative estimate of drug-likeness (QED) is 0.839. The first-order valence-corrected chi connectivity index (χ1v) is 7.64. The van der Waals surface area contributed by atoms with Gasteiger partial charge in [-0.25, -0.2) is 0 Å². The highest BCUT2D eigenvalue weighted by Gasteiger charge is 2.11. The van der Waals surface area contributed by atoms with Crippen LogP contribution in [0, 0.1) is 0 Å². The first kappa shape index (κ1) is 11.8. The molecule has 0 aliphatic rings. The summed E-state index contributed by atoms with van der Waals surface area (Å²) in [6, 6.07) is 4.02. The van der Waals surface area contributed by atoms with E-state index in [0.717, 1.165) is 13.8 Å². The predicted octanol–water partition coefficient (Wildman–Crippen LogP) is 4.61. The molecule has 15 heavy (non-hydrogen) atoms. The third-order valence-corrected chi connectivity index (χ3v) is 5.23. The van der Waals surface area contributed by atoms with Gasteiger partial charge in [0.05, 0.1) is 9.89 Å². The zero-order valence-electron chi connectivity index (χ0n) is 7.61. The highest BCUT2D eigenvalue weighted by molar-refractivity contribution is 9.11. The van der Waals surface area contributed by atoms with Gasteiger partial charge in [-0.1, -0.05) is 0 Å². The lowest BCUT2D eigenvalue weighted by atomic mass is 10.1. The van der Waals surface area contributed by atoms with Crippen LogP contribution in [0.2, 0.25) is 0 Å². The van der Waals surface area contributed by atoms with Gasteiger partial charge in [0.2, 0.25) is 0 Å². The number of halogens is 2. The summed E-state index contributed by atoms with van der Waals surface area (Å²) in [5.74, 6) is 0. The van der Waals surface area contributed by atoms with Crippen LogP contribution in [-0.4, -0.2) is 5.11 Å². The first-order valence-electron chi connectivity index (χ1n) is 4.30. The van der Waals surface area contributed by atoms with E-state index < -0.39 is 6.10 Å². The van der Waals surface area contributed by atoms with Gasteiger partial charge in [-0.15, -0.1) is 22.7 Å². The second kappa shape index (κ2) is 5.10. The van der Waals surface area contributed by atoms with Gasteiger partial charge in [0, 0.05) is 21.2 Å². The van der Waals surface area contributed by atoms with Gasteiger partial charge < -0.3 is 5.11 Å². The molecule has 2 aromatic heterocycles. The molecule has 2 heterocycles. The highest BCUT2D eigenvalue weighted by atomic mass is 79.9. The molecule has 1 atom stereocenters. The molecule has 0 aliphatic heterocycles. The molecule has 1 unspecified atom stereocenters. The Labute approximate surface area is 113 Å². The number of hydrogen-bond acceptors (Lipinski definition) is 3. The Kier molecular flexibility index (Phi) is 4.01. The van der Waals surface area contributed by atoms with Crippen LogP contribution >= 0.6 is 54.5 Å². The number of rotatable bonds is 3. The molecule has 0 saturated carbocycles. The molecule has 1 N–H and O–H groups in total. The van der Waals surface area contributed by atoms with Crippen LogP contribution in [0.4, 0.5) is 0 Å². The Morgan fingerprint density at radius 2 is 2.00 bits per heavy atom. The molecule has 0 saturated heterocycles. The van der Waals surface area contributed by atoms with Crippen molar-refractivity contribution in [2.75, 3.05) is 0 Å². The van der Waals surface area contributed by atoms with Crippen LogP contribution in [0.1, 0.15) is 16.5 Å². The van der Waals surface area contributed by atoms with Crippen molar-refractivity contribution < 1.29 is 5.11 Å². The fourth-order valence-electron chi connectivity index (χ4n) is 1.27. The van der Waals surface area contributed by atoms with Gasteiger partial charge >= 0.3 is 0 Å². The minimum Gasteiger partial charge on any atom is -0.388 e. The average Bonchev–Trinajstić information content (AvgIpc) is 2.75. The second-order valence-electron chi connectivity index (χ2n) is 3.14. The van der Waals surface area contributed by atoms with E-state index >= 15 is 0 Å². The van der Waals surface area contributed by atoms with Crippen molar-refractivity contribution in [1.82, 2.24) is 0 Å². The summed E-state index contributed by atoms with van der Waals surface area (Å²) < 4.78 is 2.14. The van der Waals surface area contributed by atoms with Crippen LogP contribution in [0.3, 0.4) is 0 Å². The highest BCUT2D eigenvalue weighted by Crippen LogP contribution is 2.29. The smallest absolute Gasteiger partial charge is 0.0846 e. The SMILES string of the molecule is OC(Cc1cc(Br)cs1)c1csc(Br)c1. The third kappa shape index (κ3) is 3.14. The molecule has 5 heteroatoms. The zero-order chi connectivity index (χ0) is 10.8. The summed E-state index contributed by atoms with van der Waals surface area (Å²) in [5, 5.41) is 14.0. The maximum atomic E-state index is 9.97. The van der Waals surface area contributed by atoms with E-state index in [-0.39, 0.29) is 0 Å². The Bertz CT molecular complexity index is 450. The predicted molar refractivity (Wildman–Crippen MR) is 72.7 cm³/mol. The fraction of sp³-hybridized carbons (Fsp3) is 0.200. The van der Waals surface area contributed by atoms with Crippen LogP contribution in [0.5, 0.6) is 0 Å². The van der Waals surface area contributed by atoms with E-state index in [2.05, 4.69) is 37.9 Å². The van der Waals surface area contributed by atoms with E-state index in [1.807, 2.05) is 16.8 Å². The molecule has 0 radical (unpaired) electrons. The van der Waals surface area contributed by atoms with Crippen molar-refractivity contribution >= 4 is 54.5 Å². The lowest BCUT2D eigenvalue weighted by Crippen LogP contribution is -1.98. The van der Waals surface area contributed by atoms with Gasteiger partial charge in [0.15, 0.2) is 0 Å². The molecule has 0 aliphatic carbocycles. The van der Waals surface area contributed by atoms with E-state index in [4.69, 9.17) is 0 Å². The maximum absolute atomic E-state index is 9.97. The lowest BCUT2D eigenvalue weighted by molar-refractivity contribution is 0.180. The standard InChI is InChI=1S/C10H8Br2OS2/c11-7-2-8(14-5-7)3-9(13)6-1-10(12)15-4-6/h1-2,4-5,9,13H,3H2. The third-order valence-electron chi connectivity index (χ3n) is 1.99. The van der Waals surface area contributed by atoms with Crippen LogP contribution in [-0.2, 0) is 6.42 Å². The summed E-state index contributed by atoms with van der Waals surface area (Å²) in [7, 11) is 0. The van der Waals surface area contributed by atoms with Crippen LogP contribution < -0.4 is 0 Å². The molecule has 0 aromatic carbocycles. The molecule has 0 amide bonds. The summed E-state index contributed by atoms with van der Waals surface area (Å²) in [6.07, 6.45) is 0.275. The van der Waals surface area contributed by atoms with Gasteiger partial charge in [0.25, 0.3) is 0 Å². The monoisotopic (exact) mass is 366 g/mol. The van der Waals surface area contributed by atoms with Gasteiger partial charge in [-0.05, 0) is 54.9 Å². The Hall–Kier alpha value is 0.320. The van der Waals surface area contributed by atoms with E-state index in [1.165, 1.54) is 4.88 Å². The van der Waals surface area contributed by atoms with Crippen molar-refractivity contribution in [3.05, 3.63) is 41.6 Å². The van der Waals surface area contributed by atoms with Crippen molar-refractivity contribution in [3.8, 4) is 0 Å². The molecular formula is C10H8Br2OS2. The molecular weight excluding hydrogens is 360 g/mol. The van der Waals surface area contributed by atoms with E-state index in [9.17, 15) is 5.11 Å². The van der Waals surface area contributed by atoms with Gasteiger partial charge in [-0.2, -0.15) is 0 Å². The Morgan fingerprint density at radius 1 is 1.20 bits per heavy atom. The number of aliphatic hydroxyl groups excluding tert-OH is 1. The molecule has 2 rings (SSSR count). The van der Waals surface area contributed by atoms with Crippen LogP contribution in [0.25, 0.3) is 0 Å². The van der Waals surface area contributed by atoms with Crippen molar-refractivity contribution in [3.63, 3.8) is 0 Å². The molecule has 2 aromatic rings. The normalized spacial score (nSPS) is 13.0. The topological polar surface area (TPSA) is 20.2 Å². The minimum absolute atomic E-state index is 0.405. The first-order chi connectivity index (χ1) is 7.15. The summed E-state index contributed by atoms with van der Waals surface area (Å²) in [4.78, 5) is 1.19. The van der Waals surface area contributed by atoms with E-state index in [0.29, 0.717) is 6.42 Å². The van der Waals surface area contributed by atoms with Crippen LogP contribution in [0.15, 0.2) is 31.2 Å². The molecule has 1 nitrogen and oxygen atoms in total. The Morgan fingerprint density at radius 3 is 2.53 bits per heavy atom. The summed E-state index contributed by atoms with van der Waals surface area (Å²) >= 11 is 10.1. The van der Waals surface area contributed by atoms with Crippen molar-refractivity contribution in [2.24, 2.45) is 0 Å². The van der Waals surface area contributed by atoms with Gasteiger partial charge in [0.1, 0.15) is 0 Å².